The Labute approximate surface area is 186 Å². The van der Waals surface area contributed by atoms with E-state index in [0.29, 0.717) is 10.9 Å². The molecule has 1 saturated heterocycles. The number of hydrogen-bond donors (Lipinski definition) is 1. The largest absolute Gasteiger partial charge is 0.299 e. The average Bonchev–Trinajstić information content (AvgIpc) is 3.61. The molecule has 5 heteroatoms. The Bertz CT molecular complexity index is 1080. The molecule has 31 heavy (non-hydrogen) atoms. The van der Waals surface area contributed by atoms with E-state index in [9.17, 15) is 8.42 Å². The van der Waals surface area contributed by atoms with Gasteiger partial charge in [-0.25, -0.2) is 8.42 Å². The summed E-state index contributed by atoms with van der Waals surface area (Å²) in [4.78, 5) is 3.10. The second-order valence-electron chi connectivity index (χ2n) is 10.2. The van der Waals surface area contributed by atoms with E-state index >= 15 is 0 Å². The van der Waals surface area contributed by atoms with Crippen molar-refractivity contribution in [3.05, 3.63) is 59.7 Å². The molecule has 0 spiro atoms. The van der Waals surface area contributed by atoms with Crippen molar-refractivity contribution in [3.8, 4) is 0 Å². The Kier molecular flexibility index (Phi) is 4.69. The normalized spacial score (nSPS) is 30.3. The summed E-state index contributed by atoms with van der Waals surface area (Å²) in [6, 6.07) is 15.6. The number of anilines is 1. The van der Waals surface area contributed by atoms with E-state index in [2.05, 4.69) is 21.8 Å². The number of rotatable bonds is 5. The van der Waals surface area contributed by atoms with Crippen molar-refractivity contribution < 1.29 is 8.42 Å². The van der Waals surface area contributed by atoms with Crippen molar-refractivity contribution in [2.45, 2.75) is 67.7 Å². The minimum absolute atomic E-state index is 0.241. The second kappa shape index (κ2) is 7.35. The van der Waals surface area contributed by atoms with Crippen LogP contribution in [0.4, 0.5) is 5.69 Å². The monoisotopic (exact) mass is 436 g/mol. The first-order chi connectivity index (χ1) is 15.1. The molecular weight excluding hydrogens is 404 g/mol. The molecule has 164 valence electrons. The van der Waals surface area contributed by atoms with Crippen LogP contribution in [0, 0.1) is 11.8 Å². The van der Waals surface area contributed by atoms with E-state index in [1.54, 1.807) is 24.3 Å². The number of nitrogens with zero attached hydrogens (tertiary/aromatic N) is 1. The Balaban J connectivity index is 1.41. The van der Waals surface area contributed by atoms with Gasteiger partial charge in [-0.2, -0.15) is 0 Å². The molecule has 3 aliphatic carbocycles. The lowest BCUT2D eigenvalue weighted by Crippen LogP contribution is -2.61. The molecular formula is C26H32N2O2S. The Hall–Kier alpha value is -1.85. The molecule has 0 unspecified atom stereocenters. The zero-order valence-electron chi connectivity index (χ0n) is 18.1. The molecule has 2 bridgehead atoms. The van der Waals surface area contributed by atoms with Gasteiger partial charge in [-0.3, -0.25) is 9.62 Å². The molecule has 2 aromatic carbocycles. The van der Waals surface area contributed by atoms with Crippen molar-refractivity contribution in [1.82, 2.24) is 4.90 Å². The summed E-state index contributed by atoms with van der Waals surface area (Å²) >= 11 is 0. The van der Waals surface area contributed by atoms with E-state index in [0.717, 1.165) is 23.9 Å². The molecule has 2 saturated carbocycles. The fourth-order valence-electron chi connectivity index (χ4n) is 6.88. The van der Waals surface area contributed by atoms with Gasteiger partial charge in [0.1, 0.15) is 0 Å². The first kappa shape index (κ1) is 19.8. The highest BCUT2D eigenvalue weighted by Crippen LogP contribution is 2.57. The van der Waals surface area contributed by atoms with Crippen LogP contribution in [0.1, 0.15) is 56.1 Å². The fraction of sp³-hybridized carbons (Fsp3) is 0.538. The molecule has 0 radical (unpaired) electrons. The summed E-state index contributed by atoms with van der Waals surface area (Å²) < 4.78 is 29.2. The zero-order valence-corrected chi connectivity index (χ0v) is 18.9. The third-order valence-electron chi connectivity index (χ3n) is 8.49. The van der Waals surface area contributed by atoms with E-state index in [1.807, 2.05) is 12.1 Å². The fourth-order valence-corrected chi connectivity index (χ4v) is 8.00. The molecule has 1 aliphatic heterocycles. The highest BCUT2D eigenvalue weighted by atomic mass is 32.2. The number of sulfonamides is 1. The standard InChI is InChI=1S/C26H32N2O2S/c29-31(30,20-7-2-1-3-8-20)27-24-11-6-10-22-21(24)17-25-23-9-4-5-14-26(22,23)15-16-28(25)18-19-12-13-19/h1-3,6-8,10-11,19,23,25,27H,4-5,9,12-18H2/t23-,25+,26-/m0/s1. The molecule has 3 atom stereocenters. The van der Waals surface area contributed by atoms with Gasteiger partial charge in [-0.15, -0.1) is 0 Å². The zero-order chi connectivity index (χ0) is 21.1. The minimum Gasteiger partial charge on any atom is -0.299 e. The Morgan fingerprint density at radius 2 is 1.81 bits per heavy atom. The maximum Gasteiger partial charge on any atom is 0.261 e. The van der Waals surface area contributed by atoms with Crippen LogP contribution in [-0.2, 0) is 21.9 Å². The van der Waals surface area contributed by atoms with Gasteiger partial charge in [0.25, 0.3) is 10.0 Å². The van der Waals surface area contributed by atoms with Gasteiger partial charge in [0.05, 0.1) is 10.6 Å². The third-order valence-corrected chi connectivity index (χ3v) is 9.87. The predicted octanol–water partition coefficient (Wildman–Crippen LogP) is 4.96. The van der Waals surface area contributed by atoms with Crippen LogP contribution in [-0.4, -0.2) is 32.4 Å². The van der Waals surface area contributed by atoms with Crippen LogP contribution in [0.15, 0.2) is 53.4 Å². The minimum atomic E-state index is -3.59. The lowest BCUT2D eigenvalue weighted by molar-refractivity contribution is -0.0131. The number of nitrogens with one attached hydrogen (secondary N) is 1. The van der Waals surface area contributed by atoms with Crippen molar-refractivity contribution in [1.29, 1.82) is 0 Å². The maximum absolute atomic E-state index is 13.1. The topological polar surface area (TPSA) is 49.4 Å². The Morgan fingerprint density at radius 3 is 2.61 bits per heavy atom. The molecule has 4 nitrogen and oxygen atoms in total. The van der Waals surface area contributed by atoms with Crippen molar-refractivity contribution in [2.24, 2.45) is 11.8 Å². The summed E-state index contributed by atoms with van der Waals surface area (Å²) in [6.45, 7) is 2.45. The van der Waals surface area contributed by atoms with Gasteiger partial charge in [0.15, 0.2) is 0 Å². The van der Waals surface area contributed by atoms with Gasteiger partial charge in [0, 0.05) is 18.0 Å². The summed E-state index contributed by atoms with van der Waals surface area (Å²) in [5.74, 6) is 1.62. The van der Waals surface area contributed by atoms with Crippen LogP contribution in [0.3, 0.4) is 0 Å². The van der Waals surface area contributed by atoms with Crippen LogP contribution in [0.5, 0.6) is 0 Å². The van der Waals surface area contributed by atoms with E-state index in [1.165, 1.54) is 69.2 Å². The first-order valence-corrected chi connectivity index (χ1v) is 13.5. The lowest BCUT2D eigenvalue weighted by atomic mass is 9.52. The van der Waals surface area contributed by atoms with Crippen molar-refractivity contribution in [2.75, 3.05) is 17.8 Å². The molecule has 2 aromatic rings. The number of piperidine rings is 1. The quantitative estimate of drug-likeness (QED) is 0.721. The highest BCUT2D eigenvalue weighted by Gasteiger charge is 2.54. The molecule has 0 aromatic heterocycles. The molecule has 1 N–H and O–H groups in total. The smallest absolute Gasteiger partial charge is 0.261 e. The third kappa shape index (κ3) is 3.32. The van der Waals surface area contributed by atoms with Gasteiger partial charge in [-0.1, -0.05) is 43.2 Å². The number of hydrogen-bond acceptors (Lipinski definition) is 3. The average molecular weight is 437 g/mol. The van der Waals surface area contributed by atoms with E-state index in [4.69, 9.17) is 0 Å². The van der Waals surface area contributed by atoms with Gasteiger partial charge in [0.2, 0.25) is 0 Å². The maximum atomic E-state index is 13.1. The summed E-state index contributed by atoms with van der Waals surface area (Å²) in [5, 5.41) is 0. The van der Waals surface area contributed by atoms with Crippen LogP contribution >= 0.6 is 0 Å². The van der Waals surface area contributed by atoms with Crippen molar-refractivity contribution in [3.63, 3.8) is 0 Å². The van der Waals surface area contributed by atoms with Gasteiger partial charge < -0.3 is 0 Å². The first-order valence-electron chi connectivity index (χ1n) is 12.0. The molecule has 4 aliphatic rings. The van der Waals surface area contributed by atoms with Crippen LogP contribution in [0.25, 0.3) is 0 Å². The molecule has 3 fully saturated rings. The predicted molar refractivity (Wildman–Crippen MR) is 124 cm³/mol. The number of benzene rings is 2. The molecule has 1 heterocycles. The SMILES string of the molecule is O=S(=O)(Nc1cccc2c1C[C@@H]1[C@@H]3CCCC[C@]23CCN1CC1CC1)c1ccccc1. The summed E-state index contributed by atoms with van der Waals surface area (Å²) in [5.41, 5.74) is 3.73. The second-order valence-corrected chi connectivity index (χ2v) is 11.9. The van der Waals surface area contributed by atoms with Gasteiger partial charge in [-0.05, 0) is 86.2 Å². The van der Waals surface area contributed by atoms with Crippen molar-refractivity contribution >= 4 is 15.7 Å². The molecule has 6 rings (SSSR count). The van der Waals surface area contributed by atoms with E-state index < -0.39 is 10.0 Å². The summed E-state index contributed by atoms with van der Waals surface area (Å²) in [7, 11) is -3.59. The lowest BCUT2D eigenvalue weighted by Gasteiger charge is -2.59. The Morgan fingerprint density at radius 1 is 0.968 bits per heavy atom. The van der Waals surface area contributed by atoms with E-state index in [-0.39, 0.29) is 5.41 Å². The number of likely N-dealkylation sites (tertiary alicyclic amines) is 1. The summed E-state index contributed by atoms with van der Waals surface area (Å²) in [6.07, 6.45) is 10.2. The molecule has 0 amide bonds. The van der Waals surface area contributed by atoms with Crippen LogP contribution < -0.4 is 4.72 Å². The van der Waals surface area contributed by atoms with Gasteiger partial charge >= 0.3 is 0 Å². The number of fused-ring (bicyclic) bond motifs is 1. The highest BCUT2D eigenvalue weighted by molar-refractivity contribution is 7.92. The van der Waals surface area contributed by atoms with Crippen LogP contribution in [0.2, 0.25) is 0 Å².